The van der Waals surface area contributed by atoms with Crippen LogP contribution in [-0.2, 0) is 9.59 Å². The number of carboxylic acid groups (broad SMARTS) is 1. The largest absolute Gasteiger partial charge is 0.481 e. The molecule has 3 nitrogen and oxygen atoms in total. The second-order valence-corrected chi connectivity index (χ2v) is 4.05. The second-order valence-electron chi connectivity index (χ2n) is 4.05. The van der Waals surface area contributed by atoms with Crippen molar-refractivity contribution in [3.05, 3.63) is 0 Å². The summed E-state index contributed by atoms with van der Waals surface area (Å²) in [5, 5.41) is 8.91. The molecule has 80 valence electrons. The van der Waals surface area contributed by atoms with Crippen LogP contribution in [0.1, 0.15) is 45.4 Å². The van der Waals surface area contributed by atoms with Gasteiger partial charge in [0.25, 0.3) is 0 Å². The summed E-state index contributed by atoms with van der Waals surface area (Å²) >= 11 is 0. The van der Waals surface area contributed by atoms with Crippen LogP contribution in [0.3, 0.4) is 0 Å². The van der Waals surface area contributed by atoms with Gasteiger partial charge in [0, 0.05) is 12.3 Å². The van der Waals surface area contributed by atoms with Gasteiger partial charge >= 0.3 is 5.97 Å². The Balaban J connectivity index is 2.45. The lowest BCUT2D eigenvalue weighted by atomic mass is 9.90. The monoisotopic (exact) mass is 198 g/mol. The van der Waals surface area contributed by atoms with E-state index in [0.717, 1.165) is 25.7 Å². The smallest absolute Gasteiger partial charge is 0.307 e. The topological polar surface area (TPSA) is 54.4 Å². The van der Waals surface area contributed by atoms with Crippen molar-refractivity contribution in [3.63, 3.8) is 0 Å². The molecule has 1 aliphatic carbocycles. The summed E-state index contributed by atoms with van der Waals surface area (Å²) in [7, 11) is 0. The Bertz CT molecular complexity index is 223. The average molecular weight is 198 g/mol. The highest BCUT2D eigenvalue weighted by molar-refractivity contribution is 5.89. The molecule has 0 amide bonds. The summed E-state index contributed by atoms with van der Waals surface area (Å²) in [6.45, 7) is 2.10. The molecule has 2 atom stereocenters. The van der Waals surface area contributed by atoms with Crippen molar-refractivity contribution >= 4 is 11.8 Å². The Kier molecular flexibility index (Phi) is 4.11. The van der Waals surface area contributed by atoms with E-state index in [4.69, 9.17) is 5.11 Å². The summed E-state index contributed by atoms with van der Waals surface area (Å²) < 4.78 is 0. The van der Waals surface area contributed by atoms with E-state index in [1.165, 1.54) is 0 Å². The number of hydrogen-bond donors (Lipinski definition) is 1. The Hall–Kier alpha value is -0.860. The molecular weight excluding hydrogens is 180 g/mol. The first-order valence-corrected chi connectivity index (χ1v) is 5.42. The lowest BCUT2D eigenvalue weighted by Crippen LogP contribution is -2.22. The first-order chi connectivity index (χ1) is 6.66. The quantitative estimate of drug-likeness (QED) is 0.689. The van der Waals surface area contributed by atoms with Crippen molar-refractivity contribution in [2.45, 2.75) is 45.4 Å². The van der Waals surface area contributed by atoms with Crippen LogP contribution in [0.5, 0.6) is 0 Å². The first kappa shape index (κ1) is 11.2. The molecule has 0 aromatic rings. The maximum atomic E-state index is 11.4. The Labute approximate surface area is 84.5 Å². The highest BCUT2D eigenvalue weighted by Crippen LogP contribution is 2.32. The van der Waals surface area contributed by atoms with E-state index < -0.39 is 11.9 Å². The van der Waals surface area contributed by atoms with E-state index in [0.29, 0.717) is 12.8 Å². The molecule has 0 aliphatic heterocycles. The molecule has 1 aliphatic rings. The lowest BCUT2D eigenvalue weighted by molar-refractivity contribution is -0.144. The van der Waals surface area contributed by atoms with Gasteiger partial charge in [-0.3, -0.25) is 9.59 Å². The number of carboxylic acids is 1. The number of rotatable bonds is 5. The third kappa shape index (κ3) is 2.56. The number of unbranched alkanes of at least 4 members (excludes halogenated alkanes) is 2. The molecule has 1 rings (SSSR count). The van der Waals surface area contributed by atoms with Crippen LogP contribution < -0.4 is 0 Å². The van der Waals surface area contributed by atoms with Gasteiger partial charge in [-0.15, -0.1) is 0 Å². The van der Waals surface area contributed by atoms with Crippen molar-refractivity contribution in [3.8, 4) is 0 Å². The summed E-state index contributed by atoms with van der Waals surface area (Å²) in [6.07, 6.45) is 4.97. The highest BCUT2D eigenvalue weighted by Gasteiger charge is 2.38. The van der Waals surface area contributed by atoms with E-state index in [1.54, 1.807) is 0 Å². The van der Waals surface area contributed by atoms with Crippen LogP contribution >= 0.6 is 0 Å². The third-order valence-electron chi connectivity index (χ3n) is 3.04. The normalized spacial score (nSPS) is 26.8. The van der Waals surface area contributed by atoms with Crippen LogP contribution in [-0.4, -0.2) is 16.9 Å². The molecule has 0 bridgehead atoms. The van der Waals surface area contributed by atoms with E-state index in [1.807, 2.05) is 0 Å². The van der Waals surface area contributed by atoms with Crippen LogP contribution in [0.4, 0.5) is 0 Å². The van der Waals surface area contributed by atoms with Crippen molar-refractivity contribution in [2.75, 3.05) is 0 Å². The molecular formula is C11H18O3. The molecule has 0 saturated heterocycles. The number of hydrogen-bond acceptors (Lipinski definition) is 2. The Morgan fingerprint density at radius 1 is 1.50 bits per heavy atom. The van der Waals surface area contributed by atoms with Crippen molar-refractivity contribution in [2.24, 2.45) is 11.8 Å². The number of carbonyl (C=O) groups is 2. The minimum atomic E-state index is -0.794. The second kappa shape index (κ2) is 5.13. The highest BCUT2D eigenvalue weighted by atomic mass is 16.4. The van der Waals surface area contributed by atoms with Gasteiger partial charge in [-0.05, 0) is 12.8 Å². The summed E-state index contributed by atoms with van der Waals surface area (Å²) in [5.74, 6) is -1.23. The van der Waals surface area contributed by atoms with Gasteiger partial charge in [-0.2, -0.15) is 0 Å². The van der Waals surface area contributed by atoms with Gasteiger partial charge < -0.3 is 5.11 Å². The average Bonchev–Trinajstić information content (AvgIpc) is 2.48. The van der Waals surface area contributed by atoms with Crippen molar-refractivity contribution in [1.82, 2.24) is 0 Å². The molecule has 0 aromatic heterocycles. The summed E-state index contributed by atoms with van der Waals surface area (Å²) in [5.41, 5.74) is 0. The third-order valence-corrected chi connectivity index (χ3v) is 3.04. The number of carbonyl (C=O) groups excluding carboxylic acids is 1. The van der Waals surface area contributed by atoms with E-state index >= 15 is 0 Å². The minimum absolute atomic E-state index is 0.161. The van der Waals surface area contributed by atoms with Crippen LogP contribution in [0.2, 0.25) is 0 Å². The zero-order valence-corrected chi connectivity index (χ0v) is 8.66. The van der Waals surface area contributed by atoms with Gasteiger partial charge in [-0.25, -0.2) is 0 Å². The molecule has 1 N–H and O–H groups in total. The predicted molar refractivity (Wildman–Crippen MR) is 53.0 cm³/mol. The molecule has 1 fully saturated rings. The molecule has 0 unspecified atom stereocenters. The molecule has 0 aromatic carbocycles. The van der Waals surface area contributed by atoms with E-state index in [2.05, 4.69) is 6.92 Å². The molecule has 0 spiro atoms. The zero-order valence-electron chi connectivity index (χ0n) is 8.66. The van der Waals surface area contributed by atoms with Crippen LogP contribution in [0.15, 0.2) is 0 Å². The molecule has 14 heavy (non-hydrogen) atoms. The van der Waals surface area contributed by atoms with Crippen LogP contribution in [0.25, 0.3) is 0 Å². The number of Topliss-reactive ketones (excluding diaryl/α,β-unsaturated/α-hetero) is 1. The van der Waals surface area contributed by atoms with Gasteiger partial charge in [0.15, 0.2) is 0 Å². The minimum Gasteiger partial charge on any atom is -0.481 e. The number of aliphatic carboxylic acids is 1. The van der Waals surface area contributed by atoms with Gasteiger partial charge in [0.2, 0.25) is 0 Å². The van der Waals surface area contributed by atoms with Crippen LogP contribution in [0, 0.1) is 11.8 Å². The van der Waals surface area contributed by atoms with Gasteiger partial charge in [0.05, 0.1) is 5.92 Å². The molecule has 0 radical (unpaired) electrons. The SMILES string of the molecule is CCCCC[C@H]1C(=O)CC[C@H]1C(=O)O. The zero-order chi connectivity index (χ0) is 10.6. The Morgan fingerprint density at radius 3 is 2.79 bits per heavy atom. The van der Waals surface area contributed by atoms with Crippen molar-refractivity contribution < 1.29 is 14.7 Å². The standard InChI is InChI=1S/C11H18O3/c1-2-3-4-5-8-9(11(13)14)6-7-10(8)12/h8-9H,2-7H2,1H3,(H,13,14)/t8-,9-/m1/s1. The maximum absolute atomic E-state index is 11.4. The summed E-state index contributed by atoms with van der Waals surface area (Å²) in [6, 6.07) is 0. The fraction of sp³-hybridized carbons (Fsp3) is 0.818. The fourth-order valence-electron chi connectivity index (χ4n) is 2.18. The fourth-order valence-corrected chi connectivity index (χ4v) is 2.18. The predicted octanol–water partition coefficient (Wildman–Crippen LogP) is 2.25. The maximum Gasteiger partial charge on any atom is 0.307 e. The molecule has 1 saturated carbocycles. The van der Waals surface area contributed by atoms with E-state index in [9.17, 15) is 9.59 Å². The lowest BCUT2D eigenvalue weighted by Gasteiger charge is -2.13. The summed E-state index contributed by atoms with van der Waals surface area (Å²) in [4.78, 5) is 22.3. The Morgan fingerprint density at radius 2 is 2.21 bits per heavy atom. The van der Waals surface area contributed by atoms with Gasteiger partial charge in [0.1, 0.15) is 5.78 Å². The molecule has 3 heteroatoms. The molecule has 0 heterocycles. The first-order valence-electron chi connectivity index (χ1n) is 5.42. The number of ketones is 1. The van der Waals surface area contributed by atoms with E-state index in [-0.39, 0.29) is 11.7 Å². The van der Waals surface area contributed by atoms with Gasteiger partial charge in [-0.1, -0.05) is 26.2 Å². The van der Waals surface area contributed by atoms with Crippen molar-refractivity contribution in [1.29, 1.82) is 0 Å².